The van der Waals surface area contributed by atoms with Crippen molar-refractivity contribution in [1.29, 1.82) is 0 Å². The molecule has 0 bridgehead atoms. The van der Waals surface area contributed by atoms with Gasteiger partial charge < -0.3 is 10.5 Å². The molecule has 1 aromatic rings. The van der Waals surface area contributed by atoms with Crippen LogP contribution in [0.1, 0.15) is 31.7 Å². The number of rotatable bonds is 3. The van der Waals surface area contributed by atoms with E-state index in [1.54, 1.807) is 11.3 Å². The van der Waals surface area contributed by atoms with Gasteiger partial charge in [0.1, 0.15) is 0 Å². The summed E-state index contributed by atoms with van der Waals surface area (Å²) in [6.45, 7) is 9.04. The molecule has 2 rings (SSSR count). The number of morpholine rings is 1. The third-order valence-corrected chi connectivity index (χ3v) is 5.19. The van der Waals surface area contributed by atoms with Gasteiger partial charge >= 0.3 is 0 Å². The molecule has 1 aromatic heterocycles. The normalized spacial score (nSPS) is 23.8. The Kier molecular flexibility index (Phi) is 4.49. The Morgan fingerprint density at radius 2 is 2.28 bits per heavy atom. The first kappa shape index (κ1) is 14.5. The molecule has 0 saturated carbocycles. The maximum absolute atomic E-state index is 6.24. The molecule has 1 fully saturated rings. The van der Waals surface area contributed by atoms with Crippen molar-refractivity contribution in [2.45, 2.75) is 38.4 Å². The molecule has 0 radical (unpaired) electrons. The zero-order valence-electron chi connectivity index (χ0n) is 11.1. The second-order valence-electron chi connectivity index (χ2n) is 5.53. The van der Waals surface area contributed by atoms with E-state index in [0.29, 0.717) is 0 Å². The van der Waals surface area contributed by atoms with Crippen LogP contribution in [-0.2, 0) is 4.74 Å². The van der Waals surface area contributed by atoms with Crippen LogP contribution >= 0.6 is 27.3 Å². The number of hydrogen-bond acceptors (Lipinski definition) is 4. The molecule has 2 heterocycles. The van der Waals surface area contributed by atoms with E-state index in [2.05, 4.69) is 53.0 Å². The van der Waals surface area contributed by atoms with Crippen LogP contribution < -0.4 is 5.73 Å². The molecule has 2 unspecified atom stereocenters. The van der Waals surface area contributed by atoms with Crippen LogP contribution in [0.15, 0.2) is 15.9 Å². The predicted octanol–water partition coefficient (Wildman–Crippen LogP) is 3.01. The second kappa shape index (κ2) is 5.59. The molecule has 0 amide bonds. The summed E-state index contributed by atoms with van der Waals surface area (Å²) in [5.41, 5.74) is 6.27. The van der Waals surface area contributed by atoms with E-state index in [-0.39, 0.29) is 17.6 Å². The molecule has 0 aliphatic carbocycles. The molecule has 18 heavy (non-hydrogen) atoms. The summed E-state index contributed by atoms with van der Waals surface area (Å²) in [6, 6.07) is 2.55. The van der Waals surface area contributed by atoms with E-state index in [1.165, 1.54) is 4.88 Å². The average Bonchev–Trinajstić information content (AvgIpc) is 2.67. The Labute approximate surface area is 121 Å². The van der Waals surface area contributed by atoms with Crippen molar-refractivity contribution in [3.05, 3.63) is 20.8 Å². The van der Waals surface area contributed by atoms with Crippen LogP contribution in [0.3, 0.4) is 0 Å². The Hall–Kier alpha value is 0.0600. The van der Waals surface area contributed by atoms with Crippen LogP contribution in [0.5, 0.6) is 0 Å². The maximum atomic E-state index is 6.24. The van der Waals surface area contributed by atoms with Gasteiger partial charge in [-0.1, -0.05) is 0 Å². The molecule has 1 aliphatic heterocycles. The lowest BCUT2D eigenvalue weighted by atomic mass is 9.96. The SMILES string of the molecule is CC(N)C(c1cc(Br)cs1)N1CCOCC1(C)C. The Morgan fingerprint density at radius 1 is 1.56 bits per heavy atom. The Balaban J connectivity index is 2.30. The summed E-state index contributed by atoms with van der Waals surface area (Å²) in [6.07, 6.45) is 0. The number of nitrogens with two attached hydrogens (primary N) is 1. The highest BCUT2D eigenvalue weighted by Crippen LogP contribution is 2.36. The highest BCUT2D eigenvalue weighted by molar-refractivity contribution is 9.10. The number of hydrogen-bond donors (Lipinski definition) is 1. The van der Waals surface area contributed by atoms with E-state index in [1.807, 2.05) is 0 Å². The maximum Gasteiger partial charge on any atom is 0.0645 e. The van der Waals surface area contributed by atoms with Gasteiger partial charge in [0.2, 0.25) is 0 Å². The number of nitrogens with zero attached hydrogens (tertiary/aromatic N) is 1. The molecule has 5 heteroatoms. The van der Waals surface area contributed by atoms with Crippen molar-refractivity contribution < 1.29 is 4.74 Å². The predicted molar refractivity (Wildman–Crippen MR) is 80.0 cm³/mol. The zero-order valence-corrected chi connectivity index (χ0v) is 13.6. The molecule has 0 aromatic carbocycles. The third kappa shape index (κ3) is 2.96. The van der Waals surface area contributed by atoms with Crippen molar-refractivity contribution >= 4 is 27.3 Å². The lowest BCUT2D eigenvalue weighted by Gasteiger charge is -2.47. The lowest BCUT2D eigenvalue weighted by molar-refractivity contribution is -0.0759. The summed E-state index contributed by atoms with van der Waals surface area (Å²) in [4.78, 5) is 3.81. The van der Waals surface area contributed by atoms with Crippen LogP contribution in [0, 0.1) is 0 Å². The van der Waals surface area contributed by atoms with Crippen molar-refractivity contribution in [2.24, 2.45) is 5.73 Å². The van der Waals surface area contributed by atoms with E-state index in [0.717, 1.165) is 24.2 Å². The van der Waals surface area contributed by atoms with Crippen molar-refractivity contribution in [1.82, 2.24) is 4.90 Å². The molecule has 1 saturated heterocycles. The van der Waals surface area contributed by atoms with Gasteiger partial charge in [-0.05, 0) is 42.8 Å². The van der Waals surface area contributed by atoms with Gasteiger partial charge in [-0.25, -0.2) is 0 Å². The lowest BCUT2D eigenvalue weighted by Crippen LogP contribution is -2.57. The van der Waals surface area contributed by atoms with Gasteiger partial charge in [0.25, 0.3) is 0 Å². The van der Waals surface area contributed by atoms with Crippen molar-refractivity contribution in [3.8, 4) is 0 Å². The molecular weight excluding hydrogens is 312 g/mol. The summed E-state index contributed by atoms with van der Waals surface area (Å²) in [5.74, 6) is 0. The minimum atomic E-state index is 0.0347. The summed E-state index contributed by atoms with van der Waals surface area (Å²) in [7, 11) is 0. The van der Waals surface area contributed by atoms with E-state index >= 15 is 0 Å². The molecule has 0 spiro atoms. The Morgan fingerprint density at radius 3 is 2.78 bits per heavy atom. The average molecular weight is 333 g/mol. The van der Waals surface area contributed by atoms with Crippen LogP contribution in [0.4, 0.5) is 0 Å². The third-order valence-electron chi connectivity index (χ3n) is 3.42. The molecule has 1 aliphatic rings. The fourth-order valence-corrected chi connectivity index (χ4v) is 4.24. The van der Waals surface area contributed by atoms with E-state index in [4.69, 9.17) is 10.5 Å². The topological polar surface area (TPSA) is 38.5 Å². The van der Waals surface area contributed by atoms with Gasteiger partial charge in [-0.3, -0.25) is 4.90 Å². The van der Waals surface area contributed by atoms with Gasteiger partial charge in [0.05, 0.1) is 19.3 Å². The number of ether oxygens (including phenoxy) is 1. The van der Waals surface area contributed by atoms with Crippen LogP contribution in [0.2, 0.25) is 0 Å². The van der Waals surface area contributed by atoms with E-state index < -0.39 is 0 Å². The fourth-order valence-electron chi connectivity index (χ4n) is 2.57. The molecule has 3 nitrogen and oxygen atoms in total. The molecule has 2 atom stereocenters. The van der Waals surface area contributed by atoms with Crippen molar-refractivity contribution in [2.75, 3.05) is 19.8 Å². The highest BCUT2D eigenvalue weighted by atomic mass is 79.9. The first-order chi connectivity index (χ1) is 8.42. The Bertz CT molecular complexity index is 405. The minimum absolute atomic E-state index is 0.0347. The van der Waals surface area contributed by atoms with Crippen molar-refractivity contribution in [3.63, 3.8) is 0 Å². The van der Waals surface area contributed by atoms with Gasteiger partial charge in [0.15, 0.2) is 0 Å². The van der Waals surface area contributed by atoms with Gasteiger partial charge in [-0.2, -0.15) is 0 Å². The standard InChI is InChI=1S/C13H21BrN2OS/c1-9(15)12(11-6-10(14)7-18-11)16-4-5-17-8-13(16,2)3/h6-7,9,12H,4-5,8,15H2,1-3H3. The fraction of sp³-hybridized carbons (Fsp3) is 0.692. The van der Waals surface area contributed by atoms with Crippen LogP contribution in [-0.4, -0.2) is 36.2 Å². The molecule has 2 N–H and O–H groups in total. The zero-order chi connectivity index (χ0) is 13.3. The molecule has 102 valence electrons. The number of thiophene rings is 1. The van der Waals surface area contributed by atoms with Gasteiger partial charge in [-0.15, -0.1) is 11.3 Å². The highest BCUT2D eigenvalue weighted by Gasteiger charge is 2.38. The quantitative estimate of drug-likeness (QED) is 0.924. The summed E-state index contributed by atoms with van der Waals surface area (Å²) >= 11 is 5.30. The smallest absolute Gasteiger partial charge is 0.0645 e. The monoisotopic (exact) mass is 332 g/mol. The summed E-state index contributed by atoms with van der Waals surface area (Å²) < 4.78 is 6.74. The first-order valence-corrected chi connectivity index (χ1v) is 7.93. The second-order valence-corrected chi connectivity index (χ2v) is 7.39. The van der Waals surface area contributed by atoms with Gasteiger partial charge in [0, 0.05) is 32.9 Å². The van der Waals surface area contributed by atoms with Crippen LogP contribution in [0.25, 0.3) is 0 Å². The number of halogens is 1. The minimum Gasteiger partial charge on any atom is -0.378 e. The van der Waals surface area contributed by atoms with E-state index in [9.17, 15) is 0 Å². The summed E-state index contributed by atoms with van der Waals surface area (Å²) in [5, 5.41) is 2.12. The molecular formula is C13H21BrN2OS. The first-order valence-electron chi connectivity index (χ1n) is 6.26. The largest absolute Gasteiger partial charge is 0.378 e.